The maximum Gasteiger partial charge on any atom is 0.223 e. The Kier molecular flexibility index (Phi) is 3.63. The highest BCUT2D eigenvalue weighted by atomic mass is 16.2. The van der Waals surface area contributed by atoms with Gasteiger partial charge in [-0.25, -0.2) is 0 Å². The van der Waals surface area contributed by atoms with Crippen LogP contribution in [0.1, 0.15) is 29.4 Å². The van der Waals surface area contributed by atoms with Crippen molar-refractivity contribution in [2.24, 2.45) is 0 Å². The second kappa shape index (κ2) is 5.82. The summed E-state index contributed by atoms with van der Waals surface area (Å²) in [6.45, 7) is 5.62. The minimum Gasteiger partial charge on any atom is -0.361 e. The molecule has 3 heterocycles. The van der Waals surface area contributed by atoms with Gasteiger partial charge in [-0.2, -0.15) is 5.10 Å². The van der Waals surface area contributed by atoms with Gasteiger partial charge in [0, 0.05) is 42.3 Å². The molecule has 4 rings (SSSR count). The number of aromatic amines is 1. The van der Waals surface area contributed by atoms with Crippen LogP contribution in [-0.2, 0) is 11.2 Å². The number of nitrogens with zero attached hydrogens (tertiary/aromatic N) is 3. The summed E-state index contributed by atoms with van der Waals surface area (Å²) in [7, 11) is 0. The quantitative estimate of drug-likeness (QED) is 0.803. The lowest BCUT2D eigenvalue weighted by Crippen LogP contribution is -2.51. The van der Waals surface area contributed by atoms with Gasteiger partial charge in [-0.05, 0) is 38.0 Å². The maximum atomic E-state index is 12.4. The van der Waals surface area contributed by atoms with Crippen molar-refractivity contribution in [3.8, 4) is 0 Å². The molecule has 0 radical (unpaired) electrons. The van der Waals surface area contributed by atoms with Crippen LogP contribution in [0.4, 0.5) is 0 Å². The molecule has 0 spiro atoms. The zero-order valence-electron chi connectivity index (χ0n) is 14.1. The first-order valence-electron chi connectivity index (χ1n) is 8.47. The van der Waals surface area contributed by atoms with Gasteiger partial charge in [0.15, 0.2) is 0 Å². The molecule has 24 heavy (non-hydrogen) atoms. The van der Waals surface area contributed by atoms with Crippen LogP contribution in [0.3, 0.4) is 0 Å². The highest BCUT2D eigenvalue weighted by molar-refractivity contribution is 5.84. The number of carbonyl (C=O) groups is 1. The van der Waals surface area contributed by atoms with E-state index in [1.807, 2.05) is 30.2 Å². The highest BCUT2D eigenvalue weighted by Gasteiger charge is 2.32. The summed E-state index contributed by atoms with van der Waals surface area (Å²) in [6, 6.07) is 10.6. The van der Waals surface area contributed by atoms with E-state index in [9.17, 15) is 4.79 Å². The molecule has 1 N–H and O–H groups in total. The summed E-state index contributed by atoms with van der Waals surface area (Å²) >= 11 is 0. The van der Waals surface area contributed by atoms with Crippen LogP contribution in [0.5, 0.6) is 0 Å². The van der Waals surface area contributed by atoms with Gasteiger partial charge in [-0.1, -0.05) is 18.2 Å². The lowest BCUT2D eigenvalue weighted by molar-refractivity contribution is -0.137. The van der Waals surface area contributed by atoms with Crippen LogP contribution in [0.15, 0.2) is 36.5 Å². The molecule has 0 bridgehead atoms. The third-order valence-electron chi connectivity index (χ3n) is 4.89. The largest absolute Gasteiger partial charge is 0.361 e. The normalized spacial score (nSPS) is 15.0. The molecule has 3 aromatic rings. The van der Waals surface area contributed by atoms with Crippen LogP contribution < -0.4 is 0 Å². The average molecular weight is 322 g/mol. The molecule has 1 aliphatic heterocycles. The van der Waals surface area contributed by atoms with E-state index in [0.29, 0.717) is 12.5 Å². The summed E-state index contributed by atoms with van der Waals surface area (Å²) < 4.78 is 2.05. The van der Waals surface area contributed by atoms with Crippen LogP contribution >= 0.6 is 0 Å². The number of carbonyl (C=O) groups excluding carboxylic acids is 1. The van der Waals surface area contributed by atoms with Gasteiger partial charge < -0.3 is 9.88 Å². The second-order valence-electron chi connectivity index (χ2n) is 6.68. The van der Waals surface area contributed by atoms with Crippen LogP contribution in [0, 0.1) is 13.8 Å². The maximum absolute atomic E-state index is 12.4. The zero-order chi connectivity index (χ0) is 16.7. The first-order valence-corrected chi connectivity index (χ1v) is 8.47. The molecule has 124 valence electrons. The molecule has 5 heteroatoms. The number of fused-ring (bicyclic) bond motifs is 1. The number of aryl methyl sites for hydroxylation is 3. The molecule has 5 nitrogen and oxygen atoms in total. The number of rotatable bonds is 4. The van der Waals surface area contributed by atoms with Gasteiger partial charge in [0.2, 0.25) is 5.91 Å². The van der Waals surface area contributed by atoms with E-state index in [0.717, 1.165) is 30.7 Å². The van der Waals surface area contributed by atoms with E-state index in [1.54, 1.807) is 0 Å². The van der Waals surface area contributed by atoms with E-state index < -0.39 is 0 Å². The van der Waals surface area contributed by atoms with Crippen LogP contribution in [0.2, 0.25) is 0 Å². The predicted octanol–water partition coefficient (Wildman–Crippen LogP) is 3.00. The van der Waals surface area contributed by atoms with E-state index >= 15 is 0 Å². The van der Waals surface area contributed by atoms with Crippen LogP contribution in [-0.4, -0.2) is 38.7 Å². The third kappa shape index (κ3) is 2.60. The zero-order valence-corrected chi connectivity index (χ0v) is 14.1. The van der Waals surface area contributed by atoms with Crippen molar-refractivity contribution < 1.29 is 4.79 Å². The Balaban J connectivity index is 1.34. The fraction of sp³-hybridized carbons (Fsp3) is 0.368. The van der Waals surface area contributed by atoms with Gasteiger partial charge in [0.1, 0.15) is 0 Å². The molecule has 0 saturated carbocycles. The molecule has 0 atom stereocenters. The second-order valence-corrected chi connectivity index (χ2v) is 6.68. The number of likely N-dealkylation sites (tertiary alicyclic amines) is 1. The van der Waals surface area contributed by atoms with Gasteiger partial charge in [-0.15, -0.1) is 0 Å². The number of nitrogens with one attached hydrogen (secondary N) is 1. The fourth-order valence-corrected chi connectivity index (χ4v) is 3.57. The molecule has 1 aromatic carbocycles. The SMILES string of the molecule is Cc1cc(C)n(C2CN(C(=O)CCc3c[nH]c4ccccc34)C2)n1. The number of hydrogen-bond donors (Lipinski definition) is 1. The first-order chi connectivity index (χ1) is 11.6. The molecular weight excluding hydrogens is 300 g/mol. The van der Waals surface area contributed by atoms with E-state index in [4.69, 9.17) is 0 Å². The van der Waals surface area contributed by atoms with E-state index in [2.05, 4.69) is 39.9 Å². The summed E-state index contributed by atoms with van der Waals surface area (Å²) in [6.07, 6.45) is 3.36. The Morgan fingerprint density at radius 2 is 2.08 bits per heavy atom. The van der Waals surface area contributed by atoms with Gasteiger partial charge >= 0.3 is 0 Å². The first kappa shape index (κ1) is 15.0. The monoisotopic (exact) mass is 322 g/mol. The van der Waals surface area contributed by atoms with Crippen molar-refractivity contribution in [3.63, 3.8) is 0 Å². The fourth-order valence-electron chi connectivity index (χ4n) is 3.57. The number of aromatic nitrogens is 3. The molecular formula is C19H22N4O. The number of hydrogen-bond acceptors (Lipinski definition) is 2. The van der Waals surface area contributed by atoms with Crippen molar-refractivity contribution in [1.29, 1.82) is 0 Å². The number of benzene rings is 1. The van der Waals surface area contributed by atoms with Crippen molar-refractivity contribution >= 4 is 16.8 Å². The lowest BCUT2D eigenvalue weighted by Gasteiger charge is -2.39. The van der Waals surface area contributed by atoms with E-state index in [1.165, 1.54) is 16.6 Å². The van der Waals surface area contributed by atoms with Gasteiger partial charge in [-0.3, -0.25) is 9.48 Å². The topological polar surface area (TPSA) is 53.9 Å². The third-order valence-corrected chi connectivity index (χ3v) is 4.89. The molecule has 0 aliphatic carbocycles. The van der Waals surface area contributed by atoms with Crippen molar-refractivity contribution in [2.75, 3.05) is 13.1 Å². The molecule has 1 fully saturated rings. The smallest absolute Gasteiger partial charge is 0.223 e. The Morgan fingerprint density at radius 1 is 1.29 bits per heavy atom. The van der Waals surface area contributed by atoms with Crippen LogP contribution in [0.25, 0.3) is 10.9 Å². The molecule has 0 unspecified atom stereocenters. The molecule has 1 aliphatic rings. The molecule has 2 aromatic heterocycles. The summed E-state index contributed by atoms with van der Waals surface area (Å²) in [4.78, 5) is 17.6. The highest BCUT2D eigenvalue weighted by Crippen LogP contribution is 2.24. The summed E-state index contributed by atoms with van der Waals surface area (Å²) in [5.74, 6) is 0.234. The standard InChI is InChI=1S/C19H22N4O/c1-13-9-14(2)23(21-13)16-11-22(12-16)19(24)8-7-15-10-20-18-6-4-3-5-17(15)18/h3-6,9-10,16,20H,7-8,11-12H2,1-2H3. The Labute approximate surface area is 141 Å². The lowest BCUT2D eigenvalue weighted by atomic mass is 10.0. The minimum atomic E-state index is 0.234. The summed E-state index contributed by atoms with van der Waals surface area (Å²) in [5.41, 5.74) is 4.56. The summed E-state index contributed by atoms with van der Waals surface area (Å²) in [5, 5.41) is 5.74. The number of amides is 1. The number of para-hydroxylation sites is 1. The van der Waals surface area contributed by atoms with Crippen molar-refractivity contribution in [2.45, 2.75) is 32.7 Å². The van der Waals surface area contributed by atoms with Gasteiger partial charge in [0.05, 0.1) is 11.7 Å². The Hall–Kier alpha value is -2.56. The Bertz CT molecular complexity index is 886. The Morgan fingerprint density at radius 3 is 2.83 bits per heavy atom. The van der Waals surface area contributed by atoms with Gasteiger partial charge in [0.25, 0.3) is 0 Å². The minimum absolute atomic E-state index is 0.234. The van der Waals surface area contributed by atoms with Crippen molar-refractivity contribution in [3.05, 3.63) is 53.5 Å². The number of H-pyrrole nitrogens is 1. The average Bonchev–Trinajstić information content (AvgIpc) is 3.07. The van der Waals surface area contributed by atoms with E-state index in [-0.39, 0.29) is 5.91 Å². The van der Waals surface area contributed by atoms with Crippen molar-refractivity contribution in [1.82, 2.24) is 19.7 Å². The predicted molar refractivity (Wildman–Crippen MR) is 93.9 cm³/mol. The molecule has 1 saturated heterocycles. The molecule has 1 amide bonds.